The summed E-state index contributed by atoms with van der Waals surface area (Å²) in [4.78, 5) is 8.73. The molecule has 0 bridgehead atoms. The Balaban J connectivity index is 2.01. The van der Waals surface area contributed by atoms with E-state index >= 15 is 0 Å². The molecule has 2 aromatic heterocycles. The summed E-state index contributed by atoms with van der Waals surface area (Å²) >= 11 is 0. The monoisotopic (exact) mass is 398 g/mol. The standard InChI is InChI=1S/C20H20F2N6O/c1-12-19(13(2)28(27-12)11-18(21)22)29-17-7-14(8-24)3-4-16(17)20-25-9-15(5-6-23)10-26-20/h3-4,7,9-10,18H,5-6,11,23H2,1-2H3. The fourth-order valence-corrected chi connectivity index (χ4v) is 2.90. The van der Waals surface area contributed by atoms with E-state index in [1.807, 2.05) is 0 Å². The van der Waals surface area contributed by atoms with Crippen molar-refractivity contribution in [1.82, 2.24) is 19.7 Å². The number of benzene rings is 1. The van der Waals surface area contributed by atoms with Gasteiger partial charge in [-0.1, -0.05) is 0 Å². The molecule has 0 aliphatic heterocycles. The number of nitrogens with two attached hydrogens (primary N) is 1. The number of alkyl halides is 2. The first-order chi connectivity index (χ1) is 13.9. The average molecular weight is 398 g/mol. The molecule has 0 amide bonds. The maximum Gasteiger partial charge on any atom is 0.257 e. The quantitative estimate of drug-likeness (QED) is 0.654. The molecule has 0 saturated heterocycles. The Hall–Kier alpha value is -3.38. The van der Waals surface area contributed by atoms with E-state index in [0.717, 1.165) is 5.56 Å². The lowest BCUT2D eigenvalue weighted by molar-refractivity contribution is 0.120. The van der Waals surface area contributed by atoms with Crippen molar-refractivity contribution in [1.29, 1.82) is 5.26 Å². The minimum atomic E-state index is -2.53. The van der Waals surface area contributed by atoms with Crippen molar-refractivity contribution in [3.8, 4) is 29.0 Å². The number of ether oxygens (including phenoxy) is 1. The van der Waals surface area contributed by atoms with E-state index in [2.05, 4.69) is 21.1 Å². The smallest absolute Gasteiger partial charge is 0.257 e. The Morgan fingerprint density at radius 1 is 1.24 bits per heavy atom. The molecule has 0 atom stereocenters. The Bertz CT molecular complexity index is 1040. The van der Waals surface area contributed by atoms with Crippen molar-refractivity contribution in [2.75, 3.05) is 6.54 Å². The second-order valence-electron chi connectivity index (χ2n) is 6.45. The highest BCUT2D eigenvalue weighted by Gasteiger charge is 2.19. The van der Waals surface area contributed by atoms with Crippen LogP contribution in [-0.2, 0) is 13.0 Å². The van der Waals surface area contributed by atoms with Crippen molar-refractivity contribution in [3.05, 3.63) is 53.1 Å². The third-order valence-corrected chi connectivity index (χ3v) is 4.33. The van der Waals surface area contributed by atoms with Crippen LogP contribution in [0.2, 0.25) is 0 Å². The van der Waals surface area contributed by atoms with Gasteiger partial charge in [0.05, 0.1) is 22.9 Å². The summed E-state index contributed by atoms with van der Waals surface area (Å²) in [5.41, 5.74) is 8.36. The Labute approximate surface area is 166 Å². The molecule has 9 heteroatoms. The van der Waals surface area contributed by atoms with Gasteiger partial charge in [0.15, 0.2) is 11.6 Å². The summed E-state index contributed by atoms with van der Waals surface area (Å²) < 4.78 is 32.8. The number of halogens is 2. The van der Waals surface area contributed by atoms with Gasteiger partial charge in [0.2, 0.25) is 0 Å². The average Bonchev–Trinajstić information content (AvgIpc) is 2.95. The van der Waals surface area contributed by atoms with Crippen LogP contribution in [0.1, 0.15) is 22.5 Å². The van der Waals surface area contributed by atoms with Gasteiger partial charge < -0.3 is 10.5 Å². The van der Waals surface area contributed by atoms with E-state index in [-0.39, 0.29) is 0 Å². The van der Waals surface area contributed by atoms with Gasteiger partial charge in [-0.25, -0.2) is 18.7 Å². The molecule has 3 rings (SSSR count). The van der Waals surface area contributed by atoms with Gasteiger partial charge in [-0.2, -0.15) is 10.4 Å². The van der Waals surface area contributed by atoms with Crippen LogP contribution in [0.15, 0.2) is 30.6 Å². The predicted octanol–water partition coefficient (Wildman–Crippen LogP) is 3.39. The number of aryl methyl sites for hydroxylation is 1. The van der Waals surface area contributed by atoms with E-state index in [1.165, 1.54) is 4.68 Å². The van der Waals surface area contributed by atoms with Crippen molar-refractivity contribution in [2.24, 2.45) is 5.73 Å². The number of nitrogens with zero attached hydrogens (tertiary/aromatic N) is 5. The maximum absolute atomic E-state index is 12.8. The number of hydrogen-bond acceptors (Lipinski definition) is 6. The molecule has 3 aromatic rings. The summed E-state index contributed by atoms with van der Waals surface area (Å²) in [6.45, 7) is 3.31. The van der Waals surface area contributed by atoms with E-state index in [4.69, 9.17) is 10.5 Å². The van der Waals surface area contributed by atoms with Crippen LogP contribution >= 0.6 is 0 Å². The molecule has 7 nitrogen and oxygen atoms in total. The van der Waals surface area contributed by atoms with Gasteiger partial charge >= 0.3 is 0 Å². The Kier molecular flexibility index (Phi) is 6.14. The zero-order chi connectivity index (χ0) is 21.0. The molecule has 29 heavy (non-hydrogen) atoms. The van der Waals surface area contributed by atoms with Crippen molar-refractivity contribution in [2.45, 2.75) is 33.2 Å². The molecule has 0 aliphatic carbocycles. The fourth-order valence-electron chi connectivity index (χ4n) is 2.90. The number of nitriles is 1. The van der Waals surface area contributed by atoms with Crippen molar-refractivity contribution < 1.29 is 13.5 Å². The zero-order valence-electron chi connectivity index (χ0n) is 16.1. The number of aromatic nitrogens is 4. The zero-order valence-corrected chi connectivity index (χ0v) is 16.1. The van der Waals surface area contributed by atoms with Crippen LogP contribution in [0.25, 0.3) is 11.4 Å². The maximum atomic E-state index is 12.8. The third-order valence-electron chi connectivity index (χ3n) is 4.33. The first kappa shape index (κ1) is 20.4. The van der Waals surface area contributed by atoms with Crippen LogP contribution < -0.4 is 10.5 Å². The molecular formula is C20H20F2N6O. The summed E-state index contributed by atoms with van der Waals surface area (Å²) in [6.07, 6.45) is 1.51. The third kappa shape index (κ3) is 4.55. The van der Waals surface area contributed by atoms with Gasteiger partial charge in [0, 0.05) is 12.4 Å². The van der Waals surface area contributed by atoms with Gasteiger partial charge in [0.1, 0.15) is 18.0 Å². The van der Waals surface area contributed by atoms with Gasteiger partial charge in [-0.05, 0) is 50.6 Å². The minimum Gasteiger partial charge on any atom is -0.453 e. The molecule has 0 radical (unpaired) electrons. The highest BCUT2D eigenvalue weighted by atomic mass is 19.3. The molecule has 2 N–H and O–H groups in total. The van der Waals surface area contributed by atoms with Gasteiger partial charge in [-0.15, -0.1) is 0 Å². The first-order valence-electron chi connectivity index (χ1n) is 8.98. The van der Waals surface area contributed by atoms with E-state index < -0.39 is 13.0 Å². The van der Waals surface area contributed by atoms with Crippen molar-refractivity contribution >= 4 is 0 Å². The number of hydrogen-bond donors (Lipinski definition) is 1. The lowest BCUT2D eigenvalue weighted by Gasteiger charge is -2.12. The summed E-state index contributed by atoms with van der Waals surface area (Å²) in [6, 6.07) is 6.96. The number of rotatable bonds is 7. The van der Waals surface area contributed by atoms with E-state index in [9.17, 15) is 14.0 Å². The molecule has 0 unspecified atom stereocenters. The largest absolute Gasteiger partial charge is 0.453 e. The fraction of sp³-hybridized carbons (Fsp3) is 0.300. The summed E-state index contributed by atoms with van der Waals surface area (Å²) in [5, 5.41) is 13.4. The normalized spacial score (nSPS) is 10.9. The molecule has 0 spiro atoms. The van der Waals surface area contributed by atoms with Gasteiger partial charge in [-0.3, -0.25) is 4.68 Å². The van der Waals surface area contributed by atoms with E-state index in [1.54, 1.807) is 44.4 Å². The molecule has 0 aliphatic rings. The molecule has 0 saturated carbocycles. The lowest BCUT2D eigenvalue weighted by Crippen LogP contribution is -2.09. The van der Waals surface area contributed by atoms with Crippen LogP contribution in [0.5, 0.6) is 11.5 Å². The van der Waals surface area contributed by atoms with E-state index in [0.29, 0.717) is 52.8 Å². The minimum absolute atomic E-state index is 0.346. The summed E-state index contributed by atoms with van der Waals surface area (Å²) in [5.74, 6) is 1.13. The predicted molar refractivity (Wildman–Crippen MR) is 103 cm³/mol. The molecule has 2 heterocycles. The topological polar surface area (TPSA) is 103 Å². The van der Waals surface area contributed by atoms with Gasteiger partial charge in [0.25, 0.3) is 6.43 Å². The molecule has 150 valence electrons. The molecular weight excluding hydrogens is 378 g/mol. The SMILES string of the molecule is Cc1nn(CC(F)F)c(C)c1Oc1cc(C#N)ccc1-c1ncc(CCN)cn1. The Morgan fingerprint density at radius 3 is 2.59 bits per heavy atom. The second-order valence-corrected chi connectivity index (χ2v) is 6.45. The Morgan fingerprint density at radius 2 is 1.97 bits per heavy atom. The highest BCUT2D eigenvalue weighted by molar-refractivity contribution is 5.66. The van der Waals surface area contributed by atoms with Crippen LogP contribution in [0.3, 0.4) is 0 Å². The van der Waals surface area contributed by atoms with Crippen LogP contribution in [-0.4, -0.2) is 32.7 Å². The van der Waals surface area contributed by atoms with Crippen LogP contribution in [0, 0.1) is 25.2 Å². The van der Waals surface area contributed by atoms with Crippen molar-refractivity contribution in [3.63, 3.8) is 0 Å². The molecule has 1 aromatic carbocycles. The summed E-state index contributed by atoms with van der Waals surface area (Å²) in [7, 11) is 0. The lowest BCUT2D eigenvalue weighted by atomic mass is 10.1. The first-order valence-corrected chi connectivity index (χ1v) is 8.98. The molecule has 0 fully saturated rings. The second kappa shape index (κ2) is 8.75. The van der Waals surface area contributed by atoms with Crippen LogP contribution in [0.4, 0.5) is 8.78 Å². The highest BCUT2D eigenvalue weighted by Crippen LogP contribution is 2.35.